The molecule has 1 unspecified atom stereocenters. The van der Waals surface area contributed by atoms with Crippen LogP contribution in [0, 0.1) is 0 Å². The summed E-state index contributed by atoms with van der Waals surface area (Å²) in [7, 11) is 0. The number of hydrogen-bond donors (Lipinski definition) is 2. The fourth-order valence-electron chi connectivity index (χ4n) is 1.87. The lowest BCUT2D eigenvalue weighted by molar-refractivity contribution is 0.471. The van der Waals surface area contributed by atoms with E-state index < -0.39 is 0 Å². The average molecular weight is 191 g/mol. The summed E-state index contributed by atoms with van der Waals surface area (Å²) in [5, 5.41) is 6.92. The molecule has 0 saturated carbocycles. The molecular formula is C11H17N3. The molecule has 0 amide bonds. The zero-order valence-corrected chi connectivity index (χ0v) is 8.53. The molecule has 1 saturated heterocycles. The monoisotopic (exact) mass is 191 g/mol. The molecule has 0 spiro atoms. The predicted molar refractivity (Wildman–Crippen MR) is 57.1 cm³/mol. The standard InChI is InChI=1S/C11H17N3/c1-9(11-4-2-3-6-13-11)14-10-5-7-12-8-10/h2-4,6,9-10,12,14H,5,7-8H2,1H3/t9-,10?/m0/s1. The van der Waals surface area contributed by atoms with Crippen LogP contribution in [0.25, 0.3) is 0 Å². The summed E-state index contributed by atoms with van der Waals surface area (Å²) in [5.41, 5.74) is 1.12. The lowest BCUT2D eigenvalue weighted by atomic mass is 10.1. The number of rotatable bonds is 3. The number of hydrogen-bond acceptors (Lipinski definition) is 3. The zero-order chi connectivity index (χ0) is 9.80. The second kappa shape index (κ2) is 4.53. The number of pyridine rings is 1. The first-order chi connectivity index (χ1) is 6.86. The van der Waals surface area contributed by atoms with Crippen molar-refractivity contribution in [2.24, 2.45) is 0 Å². The summed E-state index contributed by atoms with van der Waals surface area (Å²) in [4.78, 5) is 4.34. The highest BCUT2D eigenvalue weighted by atomic mass is 15.0. The molecule has 2 N–H and O–H groups in total. The largest absolute Gasteiger partial charge is 0.315 e. The summed E-state index contributed by atoms with van der Waals surface area (Å²) >= 11 is 0. The number of nitrogens with one attached hydrogen (secondary N) is 2. The minimum absolute atomic E-state index is 0.348. The Morgan fingerprint density at radius 3 is 3.14 bits per heavy atom. The second-order valence-electron chi connectivity index (χ2n) is 3.83. The number of nitrogens with zero attached hydrogens (tertiary/aromatic N) is 1. The van der Waals surface area contributed by atoms with Crippen LogP contribution < -0.4 is 10.6 Å². The van der Waals surface area contributed by atoms with Crippen molar-refractivity contribution in [3.05, 3.63) is 30.1 Å². The first-order valence-corrected chi connectivity index (χ1v) is 5.24. The van der Waals surface area contributed by atoms with Crippen molar-refractivity contribution in [2.45, 2.75) is 25.4 Å². The molecule has 1 aromatic heterocycles. The highest BCUT2D eigenvalue weighted by Crippen LogP contribution is 2.10. The third-order valence-corrected chi connectivity index (χ3v) is 2.68. The van der Waals surface area contributed by atoms with E-state index in [1.54, 1.807) is 0 Å². The van der Waals surface area contributed by atoms with Gasteiger partial charge in [-0.1, -0.05) is 6.07 Å². The van der Waals surface area contributed by atoms with Gasteiger partial charge in [0, 0.05) is 24.8 Å². The van der Waals surface area contributed by atoms with Gasteiger partial charge in [0.2, 0.25) is 0 Å². The minimum atomic E-state index is 0.348. The Bertz CT molecular complexity index is 267. The average Bonchev–Trinajstić information content (AvgIpc) is 2.72. The molecule has 1 aliphatic heterocycles. The van der Waals surface area contributed by atoms with Gasteiger partial charge in [0.1, 0.15) is 0 Å². The second-order valence-corrected chi connectivity index (χ2v) is 3.83. The van der Waals surface area contributed by atoms with Crippen molar-refractivity contribution in [2.75, 3.05) is 13.1 Å². The molecular weight excluding hydrogens is 174 g/mol. The van der Waals surface area contributed by atoms with E-state index in [2.05, 4.69) is 28.6 Å². The van der Waals surface area contributed by atoms with Gasteiger partial charge in [-0.3, -0.25) is 4.98 Å². The maximum atomic E-state index is 4.34. The van der Waals surface area contributed by atoms with E-state index in [9.17, 15) is 0 Å². The fourth-order valence-corrected chi connectivity index (χ4v) is 1.87. The Balaban J connectivity index is 1.92. The molecule has 2 heterocycles. The maximum Gasteiger partial charge on any atom is 0.0570 e. The fraction of sp³-hybridized carbons (Fsp3) is 0.545. The van der Waals surface area contributed by atoms with Crippen LogP contribution in [0.4, 0.5) is 0 Å². The van der Waals surface area contributed by atoms with Crippen molar-refractivity contribution in [3.63, 3.8) is 0 Å². The number of aromatic nitrogens is 1. The molecule has 3 nitrogen and oxygen atoms in total. The highest BCUT2D eigenvalue weighted by Gasteiger charge is 2.17. The van der Waals surface area contributed by atoms with Crippen molar-refractivity contribution in [1.82, 2.24) is 15.6 Å². The van der Waals surface area contributed by atoms with Gasteiger partial charge in [-0.2, -0.15) is 0 Å². The van der Waals surface area contributed by atoms with Crippen LogP contribution in [-0.2, 0) is 0 Å². The lowest BCUT2D eigenvalue weighted by Gasteiger charge is -2.17. The van der Waals surface area contributed by atoms with Crippen LogP contribution in [0.15, 0.2) is 24.4 Å². The SMILES string of the molecule is C[C@H](NC1CCNC1)c1ccccn1. The Hall–Kier alpha value is -0.930. The van der Waals surface area contributed by atoms with Crippen molar-refractivity contribution in [3.8, 4) is 0 Å². The molecule has 14 heavy (non-hydrogen) atoms. The van der Waals surface area contributed by atoms with E-state index in [0.29, 0.717) is 12.1 Å². The van der Waals surface area contributed by atoms with E-state index in [1.165, 1.54) is 6.42 Å². The third-order valence-electron chi connectivity index (χ3n) is 2.68. The Morgan fingerprint density at radius 2 is 2.50 bits per heavy atom. The maximum absolute atomic E-state index is 4.34. The molecule has 2 rings (SSSR count). The minimum Gasteiger partial charge on any atom is -0.315 e. The van der Waals surface area contributed by atoms with Gasteiger partial charge >= 0.3 is 0 Å². The molecule has 76 valence electrons. The van der Waals surface area contributed by atoms with Gasteiger partial charge < -0.3 is 10.6 Å². The highest BCUT2D eigenvalue weighted by molar-refractivity contribution is 5.08. The van der Waals surface area contributed by atoms with Crippen LogP contribution in [-0.4, -0.2) is 24.1 Å². The van der Waals surface area contributed by atoms with Crippen LogP contribution in [0.3, 0.4) is 0 Å². The van der Waals surface area contributed by atoms with Gasteiger partial charge in [0.25, 0.3) is 0 Å². The quantitative estimate of drug-likeness (QED) is 0.751. The predicted octanol–water partition coefficient (Wildman–Crippen LogP) is 1.09. The van der Waals surface area contributed by atoms with Crippen molar-refractivity contribution < 1.29 is 0 Å². The smallest absolute Gasteiger partial charge is 0.0570 e. The molecule has 0 aromatic carbocycles. The summed E-state index contributed by atoms with van der Waals surface area (Å²) in [6.07, 6.45) is 3.07. The van der Waals surface area contributed by atoms with Gasteiger partial charge in [-0.05, 0) is 32.0 Å². The summed E-state index contributed by atoms with van der Waals surface area (Å²) in [5.74, 6) is 0. The first-order valence-electron chi connectivity index (χ1n) is 5.24. The van der Waals surface area contributed by atoms with E-state index in [-0.39, 0.29) is 0 Å². The molecule has 0 aliphatic carbocycles. The molecule has 1 aromatic rings. The summed E-state index contributed by atoms with van der Waals surface area (Å²) in [6.45, 7) is 4.38. The van der Waals surface area contributed by atoms with Crippen LogP contribution in [0.5, 0.6) is 0 Å². The van der Waals surface area contributed by atoms with Gasteiger partial charge in [0.15, 0.2) is 0 Å². The molecule has 0 bridgehead atoms. The first kappa shape index (κ1) is 9.62. The normalized spacial score (nSPS) is 23.6. The molecule has 1 fully saturated rings. The lowest BCUT2D eigenvalue weighted by Crippen LogP contribution is -2.33. The molecule has 3 heteroatoms. The van der Waals surface area contributed by atoms with Crippen LogP contribution in [0.1, 0.15) is 25.1 Å². The third kappa shape index (κ3) is 2.30. The van der Waals surface area contributed by atoms with Gasteiger partial charge in [0.05, 0.1) is 5.69 Å². The zero-order valence-electron chi connectivity index (χ0n) is 8.53. The summed E-state index contributed by atoms with van der Waals surface area (Å²) < 4.78 is 0. The van der Waals surface area contributed by atoms with E-state index in [1.807, 2.05) is 18.3 Å². The molecule has 1 aliphatic rings. The Labute approximate surface area is 84.9 Å². The van der Waals surface area contributed by atoms with E-state index in [0.717, 1.165) is 18.8 Å². The van der Waals surface area contributed by atoms with Crippen LogP contribution in [0.2, 0.25) is 0 Å². The summed E-state index contributed by atoms with van der Waals surface area (Å²) in [6, 6.07) is 7.01. The molecule has 2 atom stereocenters. The van der Waals surface area contributed by atoms with E-state index in [4.69, 9.17) is 0 Å². The van der Waals surface area contributed by atoms with Crippen molar-refractivity contribution >= 4 is 0 Å². The van der Waals surface area contributed by atoms with Crippen LogP contribution >= 0.6 is 0 Å². The Kier molecular flexibility index (Phi) is 3.11. The van der Waals surface area contributed by atoms with Crippen molar-refractivity contribution in [1.29, 1.82) is 0 Å². The topological polar surface area (TPSA) is 37.0 Å². The Morgan fingerprint density at radius 1 is 1.57 bits per heavy atom. The molecule has 0 radical (unpaired) electrons. The van der Waals surface area contributed by atoms with Gasteiger partial charge in [-0.25, -0.2) is 0 Å². The van der Waals surface area contributed by atoms with Gasteiger partial charge in [-0.15, -0.1) is 0 Å². The van der Waals surface area contributed by atoms with E-state index >= 15 is 0 Å².